The van der Waals surface area contributed by atoms with Crippen molar-refractivity contribution in [2.75, 3.05) is 5.32 Å². The van der Waals surface area contributed by atoms with E-state index in [4.69, 9.17) is 33.2 Å². The lowest BCUT2D eigenvalue weighted by atomic mass is 9.85. The number of anilines is 1. The molecule has 0 aliphatic heterocycles. The molecule has 2 atom stereocenters. The minimum absolute atomic E-state index is 0.277. The molecule has 2 aromatic heterocycles. The van der Waals surface area contributed by atoms with Crippen LogP contribution in [0.3, 0.4) is 0 Å². The zero-order valence-electron chi connectivity index (χ0n) is 16.9. The van der Waals surface area contributed by atoms with Crippen molar-refractivity contribution in [2.45, 2.75) is 52.5 Å². The Morgan fingerprint density at radius 2 is 1.90 bits per heavy atom. The Hall–Kier alpha value is -1.62. The molecule has 29 heavy (non-hydrogen) atoms. The van der Waals surface area contributed by atoms with Crippen LogP contribution in [0.25, 0.3) is 11.3 Å². The first-order chi connectivity index (χ1) is 14.0. The van der Waals surface area contributed by atoms with Gasteiger partial charge in [0.1, 0.15) is 5.82 Å². The predicted molar refractivity (Wildman–Crippen MR) is 124 cm³/mol. The maximum Gasteiger partial charge on any atom is 0.148 e. The lowest BCUT2D eigenvalue weighted by Gasteiger charge is -2.31. The number of hydrogen-bond acceptors (Lipinski definition) is 4. The van der Waals surface area contributed by atoms with E-state index < -0.39 is 0 Å². The van der Waals surface area contributed by atoms with Crippen LogP contribution in [0.4, 0.5) is 5.82 Å². The van der Waals surface area contributed by atoms with Crippen molar-refractivity contribution in [3.8, 4) is 11.3 Å². The average Bonchev–Trinajstić information content (AvgIpc) is 3.19. The van der Waals surface area contributed by atoms with Gasteiger partial charge in [-0.2, -0.15) is 0 Å². The molecule has 0 bridgehead atoms. The van der Waals surface area contributed by atoms with Crippen LogP contribution in [0.1, 0.15) is 55.1 Å². The smallest absolute Gasteiger partial charge is 0.148 e. The molecule has 1 N–H and O–H groups in total. The van der Waals surface area contributed by atoms with Gasteiger partial charge in [0.05, 0.1) is 28.1 Å². The second kappa shape index (κ2) is 8.63. The summed E-state index contributed by atoms with van der Waals surface area (Å²) in [6.07, 6.45) is 3.95. The van der Waals surface area contributed by atoms with E-state index in [1.165, 1.54) is 23.3 Å². The topological polar surface area (TPSA) is 37.8 Å². The van der Waals surface area contributed by atoms with Crippen LogP contribution in [0.15, 0.2) is 29.6 Å². The molecule has 0 fully saturated rings. The van der Waals surface area contributed by atoms with E-state index in [1.54, 1.807) is 6.07 Å². The molecule has 2 heterocycles. The van der Waals surface area contributed by atoms with Gasteiger partial charge in [-0.25, -0.2) is 9.97 Å². The van der Waals surface area contributed by atoms with Crippen molar-refractivity contribution in [3.05, 3.63) is 61.5 Å². The van der Waals surface area contributed by atoms with Crippen molar-refractivity contribution in [3.63, 3.8) is 0 Å². The van der Waals surface area contributed by atoms with Gasteiger partial charge >= 0.3 is 0 Å². The zero-order chi connectivity index (χ0) is 20.5. The zero-order valence-corrected chi connectivity index (χ0v) is 19.3. The summed E-state index contributed by atoms with van der Waals surface area (Å²) in [5, 5.41) is 7.18. The highest BCUT2D eigenvalue weighted by Gasteiger charge is 2.29. The van der Waals surface area contributed by atoms with Crippen molar-refractivity contribution in [1.29, 1.82) is 0 Å². The molecule has 0 saturated heterocycles. The SMILES string of the molecule is CCc1nc(-c2ccc(Cl)cc2Cl)c(CC)nc1N[C@@H]1c2ccsc2CCC1C. The van der Waals surface area contributed by atoms with Crippen molar-refractivity contribution >= 4 is 40.4 Å². The van der Waals surface area contributed by atoms with Gasteiger partial charge in [-0.15, -0.1) is 11.3 Å². The third-order valence-electron chi connectivity index (χ3n) is 5.70. The molecular weight excluding hydrogens is 421 g/mol. The minimum Gasteiger partial charge on any atom is -0.361 e. The number of benzene rings is 1. The quantitative estimate of drug-likeness (QED) is 0.445. The monoisotopic (exact) mass is 445 g/mol. The first kappa shape index (κ1) is 20.6. The van der Waals surface area contributed by atoms with Crippen LogP contribution in [0, 0.1) is 5.92 Å². The summed E-state index contributed by atoms with van der Waals surface area (Å²) in [6.45, 7) is 6.54. The van der Waals surface area contributed by atoms with Gasteiger partial charge in [-0.1, -0.05) is 44.0 Å². The molecule has 1 aliphatic rings. The molecule has 4 rings (SSSR count). The van der Waals surface area contributed by atoms with E-state index in [0.29, 0.717) is 16.0 Å². The molecule has 152 valence electrons. The Morgan fingerprint density at radius 3 is 2.62 bits per heavy atom. The number of thiophene rings is 1. The molecule has 1 aromatic carbocycles. The largest absolute Gasteiger partial charge is 0.361 e. The number of fused-ring (bicyclic) bond motifs is 1. The highest BCUT2D eigenvalue weighted by molar-refractivity contribution is 7.10. The maximum atomic E-state index is 6.48. The normalized spacial score (nSPS) is 18.5. The van der Waals surface area contributed by atoms with E-state index in [2.05, 4.69) is 37.5 Å². The Balaban J connectivity index is 1.76. The first-order valence-corrected chi connectivity index (χ1v) is 11.8. The van der Waals surface area contributed by atoms with E-state index in [-0.39, 0.29) is 6.04 Å². The van der Waals surface area contributed by atoms with Gasteiger partial charge in [0.15, 0.2) is 0 Å². The molecule has 3 aromatic rings. The molecule has 0 radical (unpaired) electrons. The Morgan fingerprint density at radius 1 is 1.10 bits per heavy atom. The van der Waals surface area contributed by atoms with Crippen LogP contribution >= 0.6 is 34.5 Å². The predicted octanol–water partition coefficient (Wildman–Crippen LogP) is 7.37. The number of rotatable bonds is 5. The van der Waals surface area contributed by atoms with E-state index >= 15 is 0 Å². The van der Waals surface area contributed by atoms with Gasteiger partial charge in [0.25, 0.3) is 0 Å². The van der Waals surface area contributed by atoms with Crippen molar-refractivity contribution < 1.29 is 0 Å². The number of nitrogens with one attached hydrogen (secondary N) is 1. The second-order valence-electron chi connectivity index (χ2n) is 7.58. The molecule has 1 aliphatic carbocycles. The summed E-state index contributed by atoms with van der Waals surface area (Å²) in [6, 6.07) is 8.08. The third-order valence-corrected chi connectivity index (χ3v) is 7.24. The fourth-order valence-corrected chi connectivity index (χ4v) is 5.48. The van der Waals surface area contributed by atoms with Crippen LogP contribution in [0.5, 0.6) is 0 Å². The summed E-state index contributed by atoms with van der Waals surface area (Å²) in [4.78, 5) is 11.5. The highest BCUT2D eigenvalue weighted by atomic mass is 35.5. The number of aromatic nitrogens is 2. The van der Waals surface area contributed by atoms with Gasteiger partial charge in [-0.05, 0) is 66.8 Å². The number of halogens is 2. The lowest BCUT2D eigenvalue weighted by Crippen LogP contribution is -2.25. The molecule has 6 heteroatoms. The molecule has 0 saturated carbocycles. The lowest BCUT2D eigenvalue weighted by molar-refractivity contribution is 0.437. The Kier molecular flexibility index (Phi) is 6.14. The molecule has 1 unspecified atom stereocenters. The van der Waals surface area contributed by atoms with E-state index in [9.17, 15) is 0 Å². The van der Waals surface area contributed by atoms with Gasteiger partial charge in [-0.3, -0.25) is 0 Å². The second-order valence-corrected chi connectivity index (χ2v) is 9.43. The summed E-state index contributed by atoms with van der Waals surface area (Å²) in [5.74, 6) is 1.45. The summed E-state index contributed by atoms with van der Waals surface area (Å²) >= 11 is 14.4. The van der Waals surface area contributed by atoms with Gasteiger partial charge in [0, 0.05) is 15.5 Å². The Labute approximate surface area is 186 Å². The van der Waals surface area contributed by atoms with Gasteiger partial charge in [0.2, 0.25) is 0 Å². The van der Waals surface area contributed by atoms with Crippen LogP contribution in [-0.4, -0.2) is 9.97 Å². The number of hydrogen-bond donors (Lipinski definition) is 1. The standard InChI is InChI=1S/C23H25Cl2N3S/c1-4-18-22(15-8-7-14(24)12-17(15)25)26-19(5-2)23(27-18)28-21-13(3)6-9-20-16(21)10-11-29-20/h7-8,10-13,21H,4-6,9H2,1-3H3,(H,27,28)/t13?,21-/m0/s1. The van der Waals surface area contributed by atoms with Crippen LogP contribution in [0.2, 0.25) is 10.0 Å². The number of nitrogens with zero attached hydrogens (tertiary/aromatic N) is 2. The molecule has 3 nitrogen and oxygen atoms in total. The summed E-state index contributed by atoms with van der Waals surface area (Å²) in [7, 11) is 0. The highest BCUT2D eigenvalue weighted by Crippen LogP contribution is 2.40. The minimum atomic E-state index is 0.277. The van der Waals surface area contributed by atoms with Crippen molar-refractivity contribution in [1.82, 2.24) is 9.97 Å². The van der Waals surface area contributed by atoms with E-state index in [0.717, 1.165) is 41.3 Å². The van der Waals surface area contributed by atoms with Crippen LogP contribution in [-0.2, 0) is 19.3 Å². The summed E-state index contributed by atoms with van der Waals surface area (Å²) in [5.41, 5.74) is 5.07. The average molecular weight is 446 g/mol. The number of aryl methyl sites for hydroxylation is 3. The molecule has 0 amide bonds. The van der Waals surface area contributed by atoms with Gasteiger partial charge < -0.3 is 5.32 Å². The molecular formula is C23H25Cl2N3S. The fraction of sp³-hybridized carbons (Fsp3) is 0.391. The van der Waals surface area contributed by atoms with E-state index in [1.807, 2.05) is 23.5 Å². The molecule has 0 spiro atoms. The third kappa shape index (κ3) is 4.03. The first-order valence-electron chi connectivity index (χ1n) is 10.2. The Bertz CT molecular complexity index is 1030. The maximum absolute atomic E-state index is 6.48. The fourth-order valence-electron chi connectivity index (χ4n) is 4.04. The van der Waals surface area contributed by atoms with Crippen molar-refractivity contribution in [2.24, 2.45) is 5.92 Å². The summed E-state index contributed by atoms with van der Waals surface area (Å²) < 4.78 is 0. The van der Waals surface area contributed by atoms with Crippen LogP contribution < -0.4 is 5.32 Å².